The molecule has 0 aliphatic carbocycles. The standard InChI is InChI=1S/C33H24N4/c1-3-12-23(13-4-1)28-22-29(36-33(35-28)24-14-5-2-6-15-24)27-18-11-21-32(34-27)37-30-19-9-7-16-25(30)26-17-8-10-20-31(26)37/h1-22,33,36H. The molecule has 4 nitrogen and oxygen atoms in total. The van der Waals surface area contributed by atoms with Gasteiger partial charge in [0.05, 0.1) is 28.1 Å². The summed E-state index contributed by atoms with van der Waals surface area (Å²) in [5.41, 5.74) is 7.25. The highest BCUT2D eigenvalue weighted by molar-refractivity contribution is 6.13. The van der Waals surface area contributed by atoms with E-state index in [9.17, 15) is 0 Å². The number of hydrogen-bond acceptors (Lipinski definition) is 3. The highest BCUT2D eigenvalue weighted by Crippen LogP contribution is 2.32. The van der Waals surface area contributed by atoms with Crippen molar-refractivity contribution in [1.82, 2.24) is 14.9 Å². The molecule has 1 aliphatic rings. The van der Waals surface area contributed by atoms with Crippen LogP contribution in [-0.4, -0.2) is 15.3 Å². The summed E-state index contributed by atoms with van der Waals surface area (Å²) in [5, 5.41) is 6.08. The summed E-state index contributed by atoms with van der Waals surface area (Å²) >= 11 is 0. The lowest BCUT2D eigenvalue weighted by molar-refractivity contribution is 0.662. The topological polar surface area (TPSA) is 42.2 Å². The molecule has 0 radical (unpaired) electrons. The zero-order chi connectivity index (χ0) is 24.6. The second kappa shape index (κ2) is 8.92. The maximum atomic E-state index is 5.17. The van der Waals surface area contributed by atoms with E-state index in [1.165, 1.54) is 10.8 Å². The molecule has 0 fully saturated rings. The first-order valence-corrected chi connectivity index (χ1v) is 12.5. The predicted molar refractivity (Wildman–Crippen MR) is 152 cm³/mol. The SMILES string of the molecule is C1=C(c2cccc(-n3c4ccccc4c4ccccc43)n2)NC(c2ccccc2)N=C1c1ccccc1. The molecule has 4 heteroatoms. The summed E-state index contributed by atoms with van der Waals surface area (Å²) in [6.45, 7) is 0. The maximum absolute atomic E-state index is 5.17. The highest BCUT2D eigenvalue weighted by Gasteiger charge is 2.21. The molecule has 37 heavy (non-hydrogen) atoms. The normalized spacial score (nSPS) is 15.3. The van der Waals surface area contributed by atoms with E-state index >= 15 is 0 Å². The largest absolute Gasteiger partial charge is 0.358 e. The van der Waals surface area contributed by atoms with E-state index in [1.807, 2.05) is 36.4 Å². The van der Waals surface area contributed by atoms with Crippen molar-refractivity contribution in [3.8, 4) is 5.82 Å². The Kier molecular flexibility index (Phi) is 5.14. The molecule has 1 aliphatic heterocycles. The van der Waals surface area contributed by atoms with Gasteiger partial charge in [0.2, 0.25) is 0 Å². The lowest BCUT2D eigenvalue weighted by Gasteiger charge is -2.24. The molecular formula is C33H24N4. The van der Waals surface area contributed by atoms with Crippen LogP contribution in [0.4, 0.5) is 0 Å². The van der Waals surface area contributed by atoms with Crippen molar-refractivity contribution in [2.24, 2.45) is 4.99 Å². The molecule has 1 N–H and O–H groups in total. The first kappa shape index (κ1) is 21.3. The van der Waals surface area contributed by atoms with E-state index < -0.39 is 0 Å². The molecule has 176 valence electrons. The van der Waals surface area contributed by atoms with Crippen molar-refractivity contribution in [2.45, 2.75) is 6.17 Å². The second-order valence-electron chi connectivity index (χ2n) is 9.15. The van der Waals surface area contributed by atoms with Gasteiger partial charge in [0.1, 0.15) is 12.0 Å². The van der Waals surface area contributed by atoms with Gasteiger partial charge >= 0.3 is 0 Å². The molecule has 6 aromatic rings. The Labute approximate surface area is 215 Å². The summed E-state index contributed by atoms with van der Waals surface area (Å²) in [4.78, 5) is 10.2. The monoisotopic (exact) mass is 476 g/mol. The van der Waals surface area contributed by atoms with Crippen LogP contribution in [0.1, 0.15) is 23.0 Å². The maximum Gasteiger partial charge on any atom is 0.145 e. The molecule has 4 aromatic carbocycles. The molecule has 0 bridgehead atoms. The summed E-state index contributed by atoms with van der Waals surface area (Å²) in [6.07, 6.45) is 1.90. The Balaban J connectivity index is 1.37. The van der Waals surface area contributed by atoms with Gasteiger partial charge in [-0.25, -0.2) is 4.98 Å². The lowest BCUT2D eigenvalue weighted by Crippen LogP contribution is -2.25. The number of nitrogens with one attached hydrogen (secondary N) is 1. The van der Waals surface area contributed by atoms with Crippen LogP contribution in [0.15, 0.2) is 138 Å². The Morgan fingerprint density at radius 2 is 1.22 bits per heavy atom. The van der Waals surface area contributed by atoms with Gasteiger partial charge in [0.15, 0.2) is 0 Å². The first-order chi connectivity index (χ1) is 18.3. The van der Waals surface area contributed by atoms with Crippen LogP contribution < -0.4 is 5.32 Å². The van der Waals surface area contributed by atoms with Crippen molar-refractivity contribution < 1.29 is 0 Å². The van der Waals surface area contributed by atoms with E-state index in [-0.39, 0.29) is 6.17 Å². The number of fused-ring (bicyclic) bond motifs is 3. The molecule has 0 saturated carbocycles. The zero-order valence-electron chi connectivity index (χ0n) is 20.1. The van der Waals surface area contributed by atoms with Gasteiger partial charge in [-0.15, -0.1) is 0 Å². The van der Waals surface area contributed by atoms with E-state index in [2.05, 4.69) is 107 Å². The van der Waals surface area contributed by atoms with Gasteiger partial charge in [0.25, 0.3) is 0 Å². The van der Waals surface area contributed by atoms with E-state index in [4.69, 9.17) is 9.98 Å². The Hall–Kier alpha value is -4.96. The quantitative estimate of drug-likeness (QED) is 0.290. The minimum Gasteiger partial charge on any atom is -0.358 e. The molecular weight excluding hydrogens is 452 g/mol. The molecule has 0 amide bonds. The lowest BCUT2D eigenvalue weighted by atomic mass is 10.0. The second-order valence-corrected chi connectivity index (χ2v) is 9.15. The molecule has 3 heterocycles. The summed E-state index contributed by atoms with van der Waals surface area (Å²) in [5.74, 6) is 0.887. The number of aliphatic imine (C=N–C) groups is 1. The molecule has 0 saturated heterocycles. The fourth-order valence-corrected chi connectivity index (χ4v) is 5.11. The summed E-state index contributed by atoms with van der Waals surface area (Å²) in [7, 11) is 0. The average Bonchev–Trinajstić information content (AvgIpc) is 3.32. The number of aromatic nitrogens is 2. The Morgan fingerprint density at radius 1 is 0.595 bits per heavy atom. The number of para-hydroxylation sites is 2. The number of allylic oxidation sites excluding steroid dienone is 1. The van der Waals surface area contributed by atoms with Crippen LogP contribution in [-0.2, 0) is 0 Å². The third-order valence-corrected chi connectivity index (χ3v) is 6.85. The minimum absolute atomic E-state index is 0.199. The fourth-order valence-electron chi connectivity index (χ4n) is 5.11. The minimum atomic E-state index is -0.199. The average molecular weight is 477 g/mol. The van der Waals surface area contributed by atoms with Crippen LogP contribution in [0.2, 0.25) is 0 Å². The van der Waals surface area contributed by atoms with Crippen LogP contribution in [0.5, 0.6) is 0 Å². The zero-order valence-corrected chi connectivity index (χ0v) is 20.1. The van der Waals surface area contributed by atoms with E-state index in [0.717, 1.165) is 45.1 Å². The van der Waals surface area contributed by atoms with Crippen LogP contribution >= 0.6 is 0 Å². The van der Waals surface area contributed by atoms with Gasteiger partial charge in [-0.1, -0.05) is 103 Å². The molecule has 0 spiro atoms. The van der Waals surface area contributed by atoms with Crippen molar-refractivity contribution in [3.63, 3.8) is 0 Å². The number of nitrogens with zero attached hydrogens (tertiary/aromatic N) is 3. The predicted octanol–water partition coefficient (Wildman–Crippen LogP) is 7.31. The van der Waals surface area contributed by atoms with Crippen molar-refractivity contribution >= 4 is 33.2 Å². The van der Waals surface area contributed by atoms with E-state index in [1.54, 1.807) is 0 Å². The van der Waals surface area contributed by atoms with Crippen LogP contribution in [0.3, 0.4) is 0 Å². The third-order valence-electron chi connectivity index (χ3n) is 6.85. The highest BCUT2D eigenvalue weighted by atomic mass is 15.1. The van der Waals surface area contributed by atoms with Crippen LogP contribution in [0.25, 0.3) is 33.3 Å². The Morgan fingerprint density at radius 3 is 1.92 bits per heavy atom. The van der Waals surface area contributed by atoms with E-state index in [0.29, 0.717) is 0 Å². The number of rotatable bonds is 4. The number of pyridine rings is 1. The molecule has 7 rings (SSSR count). The van der Waals surface area contributed by atoms with Crippen molar-refractivity contribution in [3.05, 3.63) is 150 Å². The van der Waals surface area contributed by atoms with Gasteiger partial charge in [-0.3, -0.25) is 9.56 Å². The summed E-state index contributed by atoms with van der Waals surface area (Å²) in [6, 6.07) is 43.9. The molecule has 1 atom stereocenters. The third kappa shape index (κ3) is 3.80. The van der Waals surface area contributed by atoms with Crippen molar-refractivity contribution in [2.75, 3.05) is 0 Å². The van der Waals surface area contributed by atoms with Gasteiger partial charge in [-0.2, -0.15) is 0 Å². The number of benzene rings is 4. The molecule has 2 aromatic heterocycles. The smallest absolute Gasteiger partial charge is 0.145 e. The number of hydrogen-bond donors (Lipinski definition) is 1. The summed E-state index contributed by atoms with van der Waals surface area (Å²) < 4.78 is 2.25. The van der Waals surface area contributed by atoms with Gasteiger partial charge in [0, 0.05) is 10.8 Å². The Bertz CT molecular complexity index is 1740. The van der Waals surface area contributed by atoms with Crippen LogP contribution in [0, 0.1) is 0 Å². The first-order valence-electron chi connectivity index (χ1n) is 12.5. The molecule has 1 unspecified atom stereocenters. The van der Waals surface area contributed by atoms with Gasteiger partial charge < -0.3 is 5.32 Å². The van der Waals surface area contributed by atoms with Crippen molar-refractivity contribution in [1.29, 1.82) is 0 Å². The fraction of sp³-hybridized carbons (Fsp3) is 0.0303. The van der Waals surface area contributed by atoms with Gasteiger partial charge in [-0.05, 0) is 41.5 Å².